The molecule has 0 atom stereocenters. The molecule has 0 heterocycles. The molecule has 0 bridgehead atoms. The molecule has 0 saturated carbocycles. The van der Waals surface area contributed by atoms with Crippen LogP contribution in [0.4, 0.5) is 0 Å². The Kier molecular flexibility index (Phi) is 18.5. The van der Waals surface area contributed by atoms with E-state index in [-0.39, 0.29) is 0 Å². The molecule has 0 aromatic rings. The number of halogens is 1. The fourth-order valence-corrected chi connectivity index (χ4v) is 0. The number of rotatable bonds is 0. The minimum Gasteiger partial charge on any atom is -0.400 e. The van der Waals surface area contributed by atoms with E-state index in [2.05, 4.69) is 0 Å². The van der Waals surface area contributed by atoms with Gasteiger partial charge in [0.15, 0.2) is 0 Å². The van der Waals surface area contributed by atoms with Crippen LogP contribution in [0.25, 0.3) is 0 Å². The van der Waals surface area contributed by atoms with Crippen LogP contribution >= 0.6 is 0 Å². The largest absolute Gasteiger partial charge is 0.400 e. The van der Waals surface area contributed by atoms with Gasteiger partial charge < -0.3 is 5.11 Å². The van der Waals surface area contributed by atoms with Crippen molar-refractivity contribution in [1.29, 1.82) is 5.26 Å². The maximum Gasteiger partial charge on any atom is 0.0777 e. The van der Waals surface area contributed by atoms with Crippen LogP contribution in [0.2, 0.25) is 0 Å². The van der Waals surface area contributed by atoms with Crippen molar-refractivity contribution < 1.29 is 34.0 Å². The Balaban J connectivity index is -0.0000000847. The van der Waals surface area contributed by atoms with E-state index in [0.717, 1.165) is 7.11 Å². The lowest BCUT2D eigenvalue weighted by atomic mass is 11.0. The van der Waals surface area contributed by atoms with Gasteiger partial charge in [-0.25, -0.2) is 0 Å². The molecule has 0 amide bonds. The Hall–Kier alpha value is -0.420. The molecule has 62 valence electrons. The minimum atomic E-state index is -4.69. The summed E-state index contributed by atoms with van der Waals surface area (Å²) in [6, 6.07) is 1.75. The molecule has 7 heteroatoms. The highest BCUT2D eigenvalue weighted by Gasteiger charge is 1.98. The molecule has 0 aromatic carbocycles. The zero-order chi connectivity index (χ0) is 9.21. The Morgan fingerprint density at radius 2 is 1.30 bits per heavy atom. The van der Waals surface area contributed by atoms with Crippen molar-refractivity contribution in [2.24, 2.45) is 0 Å². The monoisotopic (exact) mass is 173 g/mol. The van der Waals surface area contributed by atoms with Crippen molar-refractivity contribution in [3.63, 3.8) is 0 Å². The van der Waals surface area contributed by atoms with Gasteiger partial charge in [0.05, 0.1) is 21.0 Å². The number of nitriles is 1. The van der Waals surface area contributed by atoms with E-state index < -0.39 is 10.2 Å². The molecule has 10 heavy (non-hydrogen) atoms. The molecule has 0 aliphatic carbocycles. The molecule has 0 spiro atoms. The molecular weight excluding hydrogens is 165 g/mol. The number of nitrogens with zero attached hydrogens (tertiary/aromatic N) is 1. The summed E-state index contributed by atoms with van der Waals surface area (Å²) < 4.78 is 32.7. The molecule has 6 nitrogen and oxygen atoms in total. The van der Waals surface area contributed by atoms with Gasteiger partial charge in [-0.05, 0) is 0 Å². The maximum absolute atomic E-state index is 8.60. The summed E-state index contributed by atoms with van der Waals surface area (Å²) >= 11 is 0. The highest BCUT2D eigenvalue weighted by atomic mass is 35.7. The Bertz CT molecular complexity index is 77.9. The quantitative estimate of drug-likeness (QED) is 0.384. The summed E-state index contributed by atoms with van der Waals surface area (Å²) in [7, 11) is -3.69. The van der Waals surface area contributed by atoms with E-state index in [0.29, 0.717) is 0 Å². The van der Waals surface area contributed by atoms with Crippen LogP contribution in [-0.2, 0) is 0 Å². The number of aliphatic hydroxyl groups is 1. The van der Waals surface area contributed by atoms with Crippen LogP contribution in [0.3, 0.4) is 0 Å². The first kappa shape index (κ1) is 16.3. The summed E-state index contributed by atoms with van der Waals surface area (Å²) in [5.74, 6) is 0. The zero-order valence-electron chi connectivity index (χ0n) is 5.44. The predicted molar refractivity (Wildman–Crippen MR) is 21.6 cm³/mol. The molecule has 0 aromatic heterocycles. The molecule has 0 aliphatic heterocycles. The van der Waals surface area contributed by atoms with Gasteiger partial charge in [-0.3, -0.25) is 0 Å². The predicted octanol–water partition coefficient (Wildman–Crippen LogP) is -3.99. The Morgan fingerprint density at radius 1 is 1.30 bits per heavy atom. The van der Waals surface area contributed by atoms with Gasteiger partial charge in [0.1, 0.15) is 0 Å². The van der Waals surface area contributed by atoms with E-state index in [1.165, 1.54) is 6.92 Å². The Morgan fingerprint density at radius 3 is 1.30 bits per heavy atom. The third kappa shape index (κ3) is 1860. The molecule has 0 radical (unpaired) electrons. The van der Waals surface area contributed by atoms with Crippen LogP contribution in [0.1, 0.15) is 6.92 Å². The van der Waals surface area contributed by atoms with Gasteiger partial charge >= 0.3 is 0 Å². The number of aliphatic hydroxyl groups excluding tert-OH is 1. The normalized spacial score (nSPS) is 7.40. The van der Waals surface area contributed by atoms with E-state index in [1.54, 1.807) is 6.07 Å². The summed E-state index contributed by atoms with van der Waals surface area (Å²) in [5, 5.41) is 14.3. The second-order valence-corrected chi connectivity index (χ2v) is 1.41. The highest BCUT2D eigenvalue weighted by molar-refractivity contribution is 4.51. The van der Waals surface area contributed by atoms with E-state index in [4.69, 9.17) is 29.0 Å². The lowest BCUT2D eigenvalue weighted by molar-refractivity contribution is -1.92. The maximum atomic E-state index is 8.60. The van der Waals surface area contributed by atoms with Crippen molar-refractivity contribution in [3.8, 4) is 6.07 Å². The minimum absolute atomic E-state index is 1.00. The molecule has 0 saturated heterocycles. The van der Waals surface area contributed by atoms with Crippen molar-refractivity contribution in [2.45, 2.75) is 6.92 Å². The third-order valence-electron chi connectivity index (χ3n) is 0. The van der Waals surface area contributed by atoms with Crippen LogP contribution in [0.5, 0.6) is 0 Å². The summed E-state index contributed by atoms with van der Waals surface area (Å²) in [4.78, 5) is 0. The molecule has 0 rings (SSSR count). The fourth-order valence-electron chi connectivity index (χ4n) is 0. The van der Waals surface area contributed by atoms with Gasteiger partial charge in [-0.1, -0.05) is 0 Å². The zero-order valence-corrected chi connectivity index (χ0v) is 6.20. The fraction of sp³-hybridized carbons (Fsp3) is 0.667. The Labute approximate surface area is 60.3 Å². The second kappa shape index (κ2) is 11.4. The topological polar surface area (TPSA) is 133 Å². The van der Waals surface area contributed by atoms with Gasteiger partial charge in [-0.15, -0.1) is 0 Å². The molecule has 0 unspecified atom stereocenters. The van der Waals surface area contributed by atoms with Crippen LogP contribution in [-0.4, -0.2) is 16.9 Å². The van der Waals surface area contributed by atoms with Gasteiger partial charge in [-0.2, -0.15) is 19.2 Å². The third-order valence-corrected chi connectivity index (χ3v) is 0. The molecule has 2 N–H and O–H groups in total. The van der Waals surface area contributed by atoms with Gasteiger partial charge in [0, 0.05) is 14.0 Å². The average molecular weight is 174 g/mol. The lowest BCUT2D eigenvalue weighted by Crippen LogP contribution is -2.58. The molecule has 0 fully saturated rings. The lowest BCUT2D eigenvalue weighted by Gasteiger charge is -2.03. The molecular formula is C3H8ClNO5. The van der Waals surface area contributed by atoms with Crippen molar-refractivity contribution in [3.05, 3.63) is 0 Å². The summed E-state index contributed by atoms with van der Waals surface area (Å²) in [6.07, 6.45) is 0. The van der Waals surface area contributed by atoms with Gasteiger partial charge in [0.2, 0.25) is 0 Å². The SMILES string of the molecule is CC#N.CO.[O-][Cl+3]([O-])([O-])O. The standard InChI is InChI=1S/C2H3N.CH4O.ClHO4/c1-2-3;1-2;2-1(3,4)5/h1H3;2H,1H3;(H,2,3,4,5). The second-order valence-electron chi connectivity index (χ2n) is 0.620. The highest BCUT2D eigenvalue weighted by Crippen LogP contribution is 1.60. The van der Waals surface area contributed by atoms with E-state index in [1.807, 2.05) is 0 Å². The molecule has 0 aliphatic rings. The number of hydrogen-bond acceptors (Lipinski definition) is 6. The first-order chi connectivity index (χ1) is 4.41. The smallest absolute Gasteiger partial charge is 0.0777 e. The van der Waals surface area contributed by atoms with Crippen molar-refractivity contribution >= 4 is 0 Å². The first-order valence-corrected chi connectivity index (χ1v) is 3.07. The average Bonchev–Trinajstić information content (AvgIpc) is 1.68. The first-order valence-electron chi connectivity index (χ1n) is 1.80. The summed E-state index contributed by atoms with van der Waals surface area (Å²) in [5.41, 5.74) is 0. The van der Waals surface area contributed by atoms with Gasteiger partial charge in [0.25, 0.3) is 0 Å². The van der Waals surface area contributed by atoms with E-state index >= 15 is 0 Å². The van der Waals surface area contributed by atoms with Crippen molar-refractivity contribution in [1.82, 2.24) is 0 Å². The number of hydrogen-bond donors (Lipinski definition) is 2. The van der Waals surface area contributed by atoms with Crippen LogP contribution < -0.4 is 14.0 Å². The van der Waals surface area contributed by atoms with Crippen LogP contribution in [0.15, 0.2) is 0 Å². The van der Waals surface area contributed by atoms with E-state index in [9.17, 15) is 0 Å². The van der Waals surface area contributed by atoms with Crippen molar-refractivity contribution in [2.75, 3.05) is 7.11 Å². The van der Waals surface area contributed by atoms with Crippen LogP contribution in [0, 0.1) is 21.6 Å². The summed E-state index contributed by atoms with van der Waals surface area (Å²) in [6.45, 7) is 1.43.